The van der Waals surface area contributed by atoms with Gasteiger partial charge in [0.25, 0.3) is 0 Å². The first-order chi connectivity index (χ1) is 35.8. The van der Waals surface area contributed by atoms with E-state index in [0.29, 0.717) is 29.7 Å². The maximum absolute atomic E-state index is 14.7. The lowest BCUT2D eigenvalue weighted by Crippen LogP contribution is -2.61. The number of para-hydroxylation sites is 1. The molecule has 0 spiro atoms. The number of anilines is 1. The summed E-state index contributed by atoms with van der Waals surface area (Å²) in [7, 11) is 0. The van der Waals surface area contributed by atoms with Gasteiger partial charge in [-0.3, -0.25) is 54.1 Å². The zero-order valence-corrected chi connectivity index (χ0v) is 42.1. The third-order valence-electron chi connectivity index (χ3n) is 13.0. The van der Waals surface area contributed by atoms with Crippen LogP contribution in [0.25, 0.3) is 10.9 Å². The first-order valence-electron chi connectivity index (χ1n) is 25.1. The van der Waals surface area contributed by atoms with Gasteiger partial charge in [-0.2, -0.15) is 0 Å². The third kappa shape index (κ3) is 18.2. The van der Waals surface area contributed by atoms with Crippen LogP contribution in [0, 0.1) is 10.8 Å². The fourth-order valence-electron chi connectivity index (χ4n) is 9.15. The zero-order chi connectivity index (χ0) is 54.6. The van der Waals surface area contributed by atoms with Crippen LogP contribution in [0.4, 0.5) is 5.69 Å². The highest BCUT2D eigenvalue weighted by molar-refractivity contribution is 5.96. The van der Waals surface area contributed by atoms with E-state index in [1.54, 1.807) is 30.5 Å². The average Bonchev–Trinajstić information content (AvgIpc) is 4.03. The van der Waals surface area contributed by atoms with E-state index in [-0.39, 0.29) is 102 Å². The number of aliphatic hydroxyl groups is 1. The molecule has 2 aliphatic rings. The molecule has 1 aromatic heterocycles. The molecule has 8 amide bonds. The molecule has 2 unspecified atom stereocenters. The summed E-state index contributed by atoms with van der Waals surface area (Å²) in [6.07, 6.45) is 0.933. The van der Waals surface area contributed by atoms with Crippen LogP contribution in [0.3, 0.4) is 0 Å². The van der Waals surface area contributed by atoms with E-state index in [9.17, 15) is 43.5 Å². The van der Waals surface area contributed by atoms with E-state index in [1.807, 2.05) is 24.3 Å². The molecular formula is C49H73N17O9. The minimum atomic E-state index is -1.57. The summed E-state index contributed by atoms with van der Waals surface area (Å²) in [5.41, 5.74) is 25.1. The highest BCUT2D eigenvalue weighted by Gasteiger charge is 2.41. The van der Waals surface area contributed by atoms with Crippen molar-refractivity contribution in [2.24, 2.45) is 17.2 Å². The molecule has 21 N–H and O–H groups in total. The van der Waals surface area contributed by atoms with Crippen molar-refractivity contribution in [1.82, 2.24) is 57.7 Å². The number of nitrogens with one attached hydrogen (secondary N) is 12. The van der Waals surface area contributed by atoms with Gasteiger partial charge in [0.15, 0.2) is 11.9 Å². The minimum absolute atomic E-state index is 0.0203. The number of aromatic amines is 1. The fraction of sp³-hybridized carbons (Fsp3) is 0.510. The van der Waals surface area contributed by atoms with Crippen molar-refractivity contribution in [1.29, 1.82) is 10.8 Å². The molecule has 0 bridgehead atoms. The molecule has 408 valence electrons. The number of aromatic nitrogens is 1. The first-order valence-corrected chi connectivity index (χ1v) is 25.1. The van der Waals surface area contributed by atoms with Gasteiger partial charge < -0.3 is 80.9 Å². The number of amides is 8. The molecule has 2 fully saturated rings. The maximum atomic E-state index is 14.7. The van der Waals surface area contributed by atoms with Crippen LogP contribution in [-0.2, 0) is 51.2 Å². The Kier molecular flexibility index (Phi) is 22.0. The van der Waals surface area contributed by atoms with Gasteiger partial charge in [0.1, 0.15) is 36.4 Å². The number of carbonyl (C=O) groups is 8. The van der Waals surface area contributed by atoms with Crippen molar-refractivity contribution in [3.63, 3.8) is 0 Å². The van der Waals surface area contributed by atoms with Gasteiger partial charge in [0.2, 0.25) is 47.3 Å². The zero-order valence-electron chi connectivity index (χ0n) is 42.1. The number of nitrogens with zero attached hydrogens (tertiary/aromatic N) is 1. The fourth-order valence-corrected chi connectivity index (χ4v) is 9.15. The highest BCUT2D eigenvalue weighted by Crippen LogP contribution is 2.24. The van der Waals surface area contributed by atoms with Crippen LogP contribution >= 0.6 is 0 Å². The number of H-pyrrole nitrogens is 1. The van der Waals surface area contributed by atoms with Crippen LogP contribution in [0.1, 0.15) is 82.3 Å². The third-order valence-corrected chi connectivity index (χ3v) is 13.0. The van der Waals surface area contributed by atoms with Gasteiger partial charge in [-0.15, -0.1) is 0 Å². The molecule has 8 atom stereocenters. The summed E-state index contributed by atoms with van der Waals surface area (Å²) in [6.45, 7) is 1.78. The Labute approximate surface area is 434 Å². The second-order valence-corrected chi connectivity index (χ2v) is 18.8. The lowest BCUT2D eigenvalue weighted by atomic mass is 10.0. The normalized spacial score (nSPS) is 23.2. The number of rotatable bonds is 16. The Balaban J connectivity index is 1.51. The van der Waals surface area contributed by atoms with Gasteiger partial charge >= 0.3 is 0 Å². The topological polar surface area (TPSA) is 436 Å². The second kappa shape index (κ2) is 28.5. The molecule has 26 nitrogen and oxygen atoms in total. The van der Waals surface area contributed by atoms with Crippen LogP contribution in [0.5, 0.6) is 0 Å². The predicted octanol–water partition coefficient (Wildman–Crippen LogP) is -3.05. The molecule has 2 saturated heterocycles. The summed E-state index contributed by atoms with van der Waals surface area (Å²) in [5, 5.41) is 52.5. The number of guanidine groups is 2. The van der Waals surface area contributed by atoms with Crippen molar-refractivity contribution in [3.05, 3.63) is 65.9 Å². The number of hydrogen-bond acceptors (Lipinski definition) is 13. The number of primary amides is 1. The molecule has 0 aliphatic carbocycles. The molecule has 3 aromatic rings. The Morgan fingerprint density at radius 1 is 0.787 bits per heavy atom. The van der Waals surface area contributed by atoms with E-state index in [2.05, 4.69) is 52.8 Å². The van der Waals surface area contributed by atoms with E-state index >= 15 is 0 Å². The molecule has 26 heteroatoms. The standard InChI is InChI=1S/C49H73N17O9/c1-27(67)60-34(11-5-21-57-48(52)53)42(70)63-36-18-19-40(68)56-20-4-10-33(41(51)69)61-45(73)38(25-29-26-59-32-9-3-2-8-31(29)32)64-43(71)35(12-6-22-58-49(54)55)62-44(72)37(24-28-14-16-30(50)17-15-28)65-46(74)39-13-7-23-66(39)47(36)75/h2-3,8-9,14-17,26,33-39,47,59,75H,4-7,10-13,18-25,50H2,1H3,(H2,51,69)(H,56,68)(H,60,67)(H,61,73)(H,62,72)(H,63,70)(H,64,71)(H,65,74)(H4,52,53,57)(H4,54,55,58)/t33?,34-,35-,36-,37+,38-,39-,47?/m0/s1. The summed E-state index contributed by atoms with van der Waals surface area (Å²) < 4.78 is 0. The van der Waals surface area contributed by atoms with Gasteiger partial charge in [0.05, 0.1) is 12.1 Å². The molecule has 5 rings (SSSR count). The Morgan fingerprint density at radius 2 is 1.43 bits per heavy atom. The number of nitrogen functional groups attached to an aromatic ring is 1. The maximum Gasteiger partial charge on any atom is 0.243 e. The van der Waals surface area contributed by atoms with Gasteiger partial charge in [-0.25, -0.2) is 0 Å². The number of benzene rings is 2. The largest absolute Gasteiger partial charge is 0.399 e. The summed E-state index contributed by atoms with van der Waals surface area (Å²) >= 11 is 0. The number of carbonyl (C=O) groups excluding carboxylic acids is 8. The van der Waals surface area contributed by atoms with Gasteiger partial charge in [-0.1, -0.05) is 30.3 Å². The van der Waals surface area contributed by atoms with E-state index < -0.39 is 95.8 Å². The van der Waals surface area contributed by atoms with E-state index in [4.69, 9.17) is 33.8 Å². The molecule has 0 saturated carbocycles. The predicted molar refractivity (Wildman–Crippen MR) is 279 cm³/mol. The summed E-state index contributed by atoms with van der Waals surface area (Å²) in [6, 6.07) is 5.31. The summed E-state index contributed by atoms with van der Waals surface area (Å²) in [4.78, 5) is 115. The van der Waals surface area contributed by atoms with E-state index in [1.165, 1.54) is 11.8 Å². The minimum Gasteiger partial charge on any atom is -0.399 e. The Hall–Kier alpha value is -8.00. The van der Waals surface area contributed by atoms with Crippen molar-refractivity contribution in [2.75, 3.05) is 31.9 Å². The second-order valence-electron chi connectivity index (χ2n) is 18.8. The molecular weight excluding hydrogens is 971 g/mol. The lowest BCUT2D eigenvalue weighted by Gasteiger charge is -2.35. The van der Waals surface area contributed by atoms with Crippen LogP contribution in [0.2, 0.25) is 0 Å². The molecule has 0 radical (unpaired) electrons. The highest BCUT2D eigenvalue weighted by atomic mass is 16.3. The molecule has 75 heavy (non-hydrogen) atoms. The number of nitrogens with two attached hydrogens (primary N) is 4. The molecule has 2 aromatic carbocycles. The number of fused-ring (bicyclic) bond motifs is 2. The Morgan fingerprint density at radius 3 is 2.12 bits per heavy atom. The summed E-state index contributed by atoms with van der Waals surface area (Å²) in [5.74, 6) is -6.17. The molecule has 2 aliphatic heterocycles. The Bertz CT molecular complexity index is 2500. The van der Waals surface area contributed by atoms with Crippen molar-refractivity contribution < 1.29 is 43.5 Å². The SMILES string of the molecule is CC(=O)N[C@@H](CCCNC(=N)N)C(=O)N[C@H]1CCC(=O)NCCCC(C(N)=O)NC(=O)[C@H](Cc2c[nH]c3ccccc23)NC(=O)[C@H](CCCNC(=N)N)NC(=O)[C@@H](Cc2ccc(N)cc2)NC(=O)[C@@H]2CCCN2C1O. The van der Waals surface area contributed by atoms with Crippen molar-refractivity contribution in [2.45, 2.75) is 132 Å². The molecule has 3 heterocycles. The lowest BCUT2D eigenvalue weighted by molar-refractivity contribution is -0.137. The monoisotopic (exact) mass is 1040 g/mol. The number of aliphatic hydroxyl groups excluding tert-OH is 1. The van der Waals surface area contributed by atoms with Crippen molar-refractivity contribution >= 4 is 75.8 Å². The first kappa shape index (κ1) is 57.9. The smallest absolute Gasteiger partial charge is 0.243 e. The van der Waals surface area contributed by atoms with Gasteiger partial charge in [-0.05, 0) is 87.1 Å². The number of hydrogen-bond donors (Lipinski definition) is 17. The van der Waals surface area contributed by atoms with Crippen LogP contribution in [-0.4, -0.2) is 149 Å². The van der Waals surface area contributed by atoms with Crippen molar-refractivity contribution in [3.8, 4) is 0 Å². The van der Waals surface area contributed by atoms with Gasteiger partial charge in [0, 0.05) is 75.2 Å². The van der Waals surface area contributed by atoms with E-state index in [0.717, 1.165) is 10.9 Å². The van der Waals surface area contributed by atoms with Crippen LogP contribution < -0.4 is 70.8 Å². The quantitative estimate of drug-likeness (QED) is 0.0293. The average molecular weight is 1040 g/mol. The van der Waals surface area contributed by atoms with Crippen LogP contribution in [0.15, 0.2) is 54.7 Å².